The number of carbonyl (C=O) groups is 2. The van der Waals surface area contributed by atoms with Gasteiger partial charge in [0.1, 0.15) is 17.8 Å². The zero-order valence-electron chi connectivity index (χ0n) is 22.4. The van der Waals surface area contributed by atoms with Crippen molar-refractivity contribution in [2.24, 2.45) is 5.41 Å². The number of piperidine rings is 1. The van der Waals surface area contributed by atoms with Gasteiger partial charge in [-0.1, -0.05) is 54.6 Å². The summed E-state index contributed by atoms with van der Waals surface area (Å²) in [7, 11) is 0. The van der Waals surface area contributed by atoms with Crippen molar-refractivity contribution in [2.45, 2.75) is 50.0 Å². The lowest BCUT2D eigenvalue weighted by Crippen LogP contribution is -2.47. The average molecular weight is 606 g/mol. The summed E-state index contributed by atoms with van der Waals surface area (Å²) in [6.45, 7) is 1.31. The Morgan fingerprint density at radius 1 is 0.900 bits per heavy atom. The molecule has 2 fully saturated rings. The first-order valence-electron chi connectivity index (χ1n) is 14.0. The van der Waals surface area contributed by atoms with Gasteiger partial charge in [0.15, 0.2) is 0 Å². The van der Waals surface area contributed by atoms with Gasteiger partial charge >= 0.3 is 12.1 Å². The van der Waals surface area contributed by atoms with Gasteiger partial charge in [-0.3, -0.25) is 0 Å². The summed E-state index contributed by atoms with van der Waals surface area (Å²) < 4.78 is 12.7. The molecule has 1 aromatic heterocycles. The van der Waals surface area contributed by atoms with E-state index in [1.54, 1.807) is 6.20 Å². The summed E-state index contributed by atoms with van der Waals surface area (Å²) in [5.74, 6) is -0.923. The van der Waals surface area contributed by atoms with Crippen LogP contribution < -0.4 is 0 Å². The summed E-state index contributed by atoms with van der Waals surface area (Å²) in [6.07, 6.45) is 6.53. The molecule has 1 N–H and O–H groups in total. The predicted octanol–water partition coefficient (Wildman–Crippen LogP) is 6.75. The number of aliphatic carboxylic acids is 1. The predicted molar refractivity (Wildman–Crippen MR) is 154 cm³/mol. The molecule has 7 nitrogen and oxygen atoms in total. The molecule has 0 atom stereocenters. The molecule has 1 aliphatic heterocycles. The summed E-state index contributed by atoms with van der Waals surface area (Å²) in [5, 5.41) is 9.31. The topological polar surface area (TPSA) is 89.0 Å². The molecule has 2 aromatic carbocycles. The number of halogens is 1. The third-order valence-corrected chi connectivity index (χ3v) is 9.89. The van der Waals surface area contributed by atoms with E-state index < -0.39 is 11.6 Å². The van der Waals surface area contributed by atoms with Gasteiger partial charge in [0.25, 0.3) is 0 Å². The molecule has 0 unspecified atom stereocenters. The third-order valence-electron chi connectivity index (χ3n) is 9.26. The van der Waals surface area contributed by atoms with Crippen LogP contribution in [0.5, 0.6) is 0 Å². The van der Waals surface area contributed by atoms with Gasteiger partial charge in [0.2, 0.25) is 0 Å². The first-order chi connectivity index (χ1) is 19.4. The Labute approximate surface area is 242 Å². The number of amides is 1. The fourth-order valence-electron chi connectivity index (χ4n) is 6.95. The standard InChI is InChI=1S/C32H33BrN2O5/c33-29-27(10-5-17-34-29)32(40-21-28(36)37)13-11-31(12-14-32)15-18-35(19-16-31)30(38)39-20-26-24-8-3-1-6-22(24)23-7-2-4-9-25(23)26/h1-10,17,26H,11-16,18-21H2,(H,36,37). The number of carbonyl (C=O) groups excluding carboxylic acids is 1. The Balaban J connectivity index is 1.07. The van der Waals surface area contributed by atoms with Crippen molar-refractivity contribution in [1.82, 2.24) is 9.88 Å². The SMILES string of the molecule is O=C(O)COC1(c2cccnc2Br)CCC2(CCN(C(=O)OCC3c4ccccc4-c4ccccc43)CC2)CC1. The Morgan fingerprint density at radius 3 is 2.12 bits per heavy atom. The maximum atomic E-state index is 13.1. The van der Waals surface area contributed by atoms with Crippen LogP contribution in [0, 0.1) is 5.41 Å². The van der Waals surface area contributed by atoms with Crippen LogP contribution in [0.25, 0.3) is 11.1 Å². The highest BCUT2D eigenvalue weighted by atomic mass is 79.9. The number of ether oxygens (including phenoxy) is 2. The van der Waals surface area contributed by atoms with Crippen molar-refractivity contribution in [1.29, 1.82) is 0 Å². The molecule has 8 heteroatoms. The normalized spacial score (nSPS) is 19.2. The third kappa shape index (κ3) is 5.03. The lowest BCUT2D eigenvalue weighted by Gasteiger charge is -2.49. The van der Waals surface area contributed by atoms with Crippen LogP contribution in [0.15, 0.2) is 71.5 Å². The molecule has 40 heavy (non-hydrogen) atoms. The minimum atomic E-state index is -0.976. The summed E-state index contributed by atoms with van der Waals surface area (Å²) in [5.41, 5.74) is 5.21. The van der Waals surface area contributed by atoms with E-state index in [1.165, 1.54) is 22.3 Å². The molecule has 208 valence electrons. The van der Waals surface area contributed by atoms with Crippen LogP contribution >= 0.6 is 15.9 Å². The number of pyridine rings is 1. The van der Waals surface area contributed by atoms with Crippen molar-refractivity contribution in [3.8, 4) is 11.1 Å². The number of benzene rings is 2. The van der Waals surface area contributed by atoms with Crippen molar-refractivity contribution in [3.05, 3.63) is 88.2 Å². The van der Waals surface area contributed by atoms with Crippen molar-refractivity contribution < 1.29 is 24.2 Å². The van der Waals surface area contributed by atoms with Gasteiger partial charge in [-0.2, -0.15) is 0 Å². The molecule has 1 saturated carbocycles. The van der Waals surface area contributed by atoms with E-state index in [2.05, 4.69) is 57.3 Å². The first-order valence-corrected chi connectivity index (χ1v) is 14.8. The average Bonchev–Trinajstić information content (AvgIpc) is 3.30. The van der Waals surface area contributed by atoms with Crippen molar-refractivity contribution in [2.75, 3.05) is 26.3 Å². The fraction of sp³-hybridized carbons (Fsp3) is 0.406. The van der Waals surface area contributed by atoms with Crippen molar-refractivity contribution >= 4 is 28.0 Å². The Bertz CT molecular complexity index is 1360. The van der Waals surface area contributed by atoms with E-state index in [0.717, 1.165) is 44.1 Å². The Hall–Kier alpha value is -3.23. The van der Waals surface area contributed by atoms with Gasteiger partial charge in [0.05, 0.1) is 5.60 Å². The van der Waals surface area contributed by atoms with Crippen LogP contribution in [-0.4, -0.2) is 53.4 Å². The number of rotatable bonds is 6. The van der Waals surface area contributed by atoms with Gasteiger partial charge in [0, 0.05) is 30.8 Å². The molecular formula is C32H33BrN2O5. The van der Waals surface area contributed by atoms with Crippen molar-refractivity contribution in [3.63, 3.8) is 0 Å². The number of carboxylic acid groups (broad SMARTS) is 1. The quantitative estimate of drug-likeness (QED) is 0.313. The molecule has 2 heterocycles. The largest absolute Gasteiger partial charge is 0.480 e. The molecule has 2 aliphatic carbocycles. The lowest BCUT2D eigenvalue weighted by molar-refractivity contribution is -0.157. The number of hydrogen-bond acceptors (Lipinski definition) is 5. The second-order valence-corrected chi connectivity index (χ2v) is 12.1. The van der Waals surface area contributed by atoms with E-state index >= 15 is 0 Å². The number of aromatic nitrogens is 1. The number of carboxylic acids is 1. The second-order valence-electron chi connectivity index (χ2n) is 11.3. The molecule has 1 spiro atoms. The molecule has 3 aromatic rings. The molecule has 0 radical (unpaired) electrons. The monoisotopic (exact) mass is 604 g/mol. The Morgan fingerprint density at radius 2 is 1.52 bits per heavy atom. The molecule has 6 rings (SSSR count). The summed E-state index contributed by atoms with van der Waals surface area (Å²) >= 11 is 3.55. The smallest absolute Gasteiger partial charge is 0.409 e. The van der Waals surface area contributed by atoms with Crippen LogP contribution in [0.1, 0.15) is 61.1 Å². The minimum Gasteiger partial charge on any atom is -0.480 e. The van der Waals surface area contributed by atoms with Gasteiger partial charge in [-0.15, -0.1) is 0 Å². The zero-order valence-corrected chi connectivity index (χ0v) is 23.9. The first kappa shape index (κ1) is 27.0. The zero-order chi connectivity index (χ0) is 27.7. The van der Waals surface area contributed by atoms with Gasteiger partial charge in [-0.25, -0.2) is 14.6 Å². The van der Waals surface area contributed by atoms with E-state index in [1.807, 2.05) is 29.2 Å². The number of fused-ring (bicyclic) bond motifs is 3. The number of nitrogens with zero attached hydrogens (tertiary/aromatic N) is 2. The molecule has 3 aliphatic rings. The number of hydrogen-bond donors (Lipinski definition) is 1. The van der Waals surface area contributed by atoms with E-state index in [9.17, 15) is 14.7 Å². The number of likely N-dealkylation sites (tertiary alicyclic amines) is 1. The van der Waals surface area contributed by atoms with E-state index in [4.69, 9.17) is 9.47 Å². The molecular weight excluding hydrogens is 572 g/mol. The second kappa shape index (κ2) is 11.0. The summed E-state index contributed by atoms with van der Waals surface area (Å²) in [6, 6.07) is 20.6. The van der Waals surface area contributed by atoms with Crippen LogP contribution in [0.4, 0.5) is 4.79 Å². The fourth-order valence-corrected chi connectivity index (χ4v) is 7.56. The highest BCUT2D eigenvalue weighted by Crippen LogP contribution is 2.53. The van der Waals surface area contributed by atoms with Crippen LogP contribution in [-0.2, 0) is 19.9 Å². The Kier molecular flexibility index (Phi) is 7.40. The molecule has 1 saturated heterocycles. The molecule has 1 amide bonds. The molecule has 0 bridgehead atoms. The van der Waals surface area contributed by atoms with E-state index in [-0.39, 0.29) is 24.0 Å². The van der Waals surface area contributed by atoms with E-state index in [0.29, 0.717) is 24.3 Å². The highest BCUT2D eigenvalue weighted by Gasteiger charge is 2.47. The van der Waals surface area contributed by atoms with Gasteiger partial charge in [-0.05, 0) is 88.2 Å². The maximum absolute atomic E-state index is 13.1. The highest BCUT2D eigenvalue weighted by molar-refractivity contribution is 9.10. The lowest BCUT2D eigenvalue weighted by atomic mass is 9.63. The minimum absolute atomic E-state index is 0.0524. The van der Waals surface area contributed by atoms with Crippen LogP contribution in [0.3, 0.4) is 0 Å². The maximum Gasteiger partial charge on any atom is 0.409 e. The van der Waals surface area contributed by atoms with Crippen LogP contribution in [0.2, 0.25) is 0 Å². The summed E-state index contributed by atoms with van der Waals surface area (Å²) in [4.78, 5) is 30.7. The van der Waals surface area contributed by atoms with Gasteiger partial charge < -0.3 is 19.5 Å².